The SMILES string of the molecule is COCCNc1nc(C)c(C2Cc3cc(C)nc(C)c3O2)c(NC2CC(CO)C(O)C2O)n1. The van der Waals surface area contributed by atoms with E-state index in [2.05, 4.69) is 25.6 Å². The fraction of sp³-hybridized carbons (Fsp3) is 0.609. The molecule has 0 spiro atoms. The van der Waals surface area contributed by atoms with Crippen molar-refractivity contribution in [3.63, 3.8) is 0 Å². The number of aliphatic hydroxyl groups is 3. The van der Waals surface area contributed by atoms with Gasteiger partial charge in [-0.05, 0) is 33.3 Å². The molecule has 5 atom stereocenters. The van der Waals surface area contributed by atoms with E-state index in [1.165, 1.54) is 0 Å². The Morgan fingerprint density at radius 1 is 1.12 bits per heavy atom. The van der Waals surface area contributed by atoms with E-state index in [4.69, 9.17) is 9.47 Å². The van der Waals surface area contributed by atoms with E-state index in [0.717, 1.165) is 34.0 Å². The maximum atomic E-state index is 10.6. The standard InChI is InChI=1S/C23H33N5O5/c1-11-7-14-9-17(33-21(14)13(3)25-11)18-12(2)26-23(24-5-6-32-4)28-22(18)27-16-8-15(10-29)19(30)20(16)31/h7,15-17,19-20,29-31H,5-6,8-10H2,1-4H3,(H2,24,26,27,28). The van der Waals surface area contributed by atoms with E-state index in [9.17, 15) is 15.3 Å². The maximum absolute atomic E-state index is 10.6. The van der Waals surface area contributed by atoms with Crippen LogP contribution in [0.25, 0.3) is 0 Å². The molecule has 2 aromatic rings. The Kier molecular flexibility index (Phi) is 6.99. The lowest BCUT2D eigenvalue weighted by atomic mass is 10.0. The van der Waals surface area contributed by atoms with Crippen LogP contribution in [0.5, 0.6) is 5.75 Å². The van der Waals surface area contributed by atoms with Crippen molar-refractivity contribution in [2.24, 2.45) is 5.92 Å². The fourth-order valence-electron chi connectivity index (χ4n) is 4.80. The van der Waals surface area contributed by atoms with E-state index >= 15 is 0 Å². The summed E-state index contributed by atoms with van der Waals surface area (Å²) in [4.78, 5) is 13.8. The van der Waals surface area contributed by atoms with Gasteiger partial charge in [-0.2, -0.15) is 4.98 Å². The van der Waals surface area contributed by atoms with Crippen molar-refractivity contribution in [1.82, 2.24) is 15.0 Å². The summed E-state index contributed by atoms with van der Waals surface area (Å²) in [6, 6.07) is 1.57. The maximum Gasteiger partial charge on any atom is 0.224 e. The molecule has 1 aliphatic carbocycles. The van der Waals surface area contributed by atoms with Crippen LogP contribution in [0.15, 0.2) is 6.07 Å². The van der Waals surface area contributed by atoms with Gasteiger partial charge in [-0.1, -0.05) is 0 Å². The number of aryl methyl sites for hydroxylation is 3. The van der Waals surface area contributed by atoms with E-state index in [1.807, 2.05) is 26.8 Å². The van der Waals surface area contributed by atoms with Crippen molar-refractivity contribution in [3.05, 3.63) is 34.3 Å². The molecule has 2 aromatic heterocycles. The number of fused-ring (bicyclic) bond motifs is 1. The van der Waals surface area contributed by atoms with Crippen molar-refractivity contribution < 1.29 is 24.8 Å². The molecule has 5 N–H and O–H groups in total. The average molecular weight is 460 g/mol. The molecule has 1 aliphatic heterocycles. The van der Waals surface area contributed by atoms with Crippen LogP contribution in [-0.4, -0.2) is 75.4 Å². The monoisotopic (exact) mass is 459 g/mol. The summed E-state index contributed by atoms with van der Waals surface area (Å²) in [6.45, 7) is 6.66. The van der Waals surface area contributed by atoms with Crippen LogP contribution in [0.1, 0.15) is 40.7 Å². The van der Waals surface area contributed by atoms with E-state index < -0.39 is 24.2 Å². The van der Waals surface area contributed by atoms with Crippen molar-refractivity contribution >= 4 is 11.8 Å². The van der Waals surface area contributed by atoms with Gasteiger partial charge in [0.05, 0.1) is 35.7 Å². The van der Waals surface area contributed by atoms with Crippen molar-refractivity contribution in [1.29, 1.82) is 0 Å². The van der Waals surface area contributed by atoms with Crippen LogP contribution in [0.2, 0.25) is 0 Å². The summed E-state index contributed by atoms with van der Waals surface area (Å²) in [7, 11) is 1.63. The minimum absolute atomic E-state index is 0.192. The molecule has 3 heterocycles. The van der Waals surface area contributed by atoms with E-state index in [0.29, 0.717) is 37.8 Å². The summed E-state index contributed by atoms with van der Waals surface area (Å²) in [5.74, 6) is 1.37. The molecule has 0 radical (unpaired) electrons. The van der Waals surface area contributed by atoms with E-state index in [-0.39, 0.29) is 12.7 Å². The number of aliphatic hydroxyl groups excluding tert-OH is 3. The zero-order valence-corrected chi connectivity index (χ0v) is 19.5. The molecular formula is C23H33N5O5. The van der Waals surface area contributed by atoms with Crippen LogP contribution in [0.4, 0.5) is 11.8 Å². The Bertz CT molecular complexity index is 1000. The zero-order valence-electron chi connectivity index (χ0n) is 19.5. The molecule has 1 fully saturated rings. The van der Waals surface area contributed by atoms with Gasteiger partial charge in [0.1, 0.15) is 23.8 Å². The lowest BCUT2D eigenvalue weighted by Crippen LogP contribution is -2.36. The molecule has 1 saturated carbocycles. The van der Waals surface area contributed by atoms with Gasteiger partial charge in [0.25, 0.3) is 0 Å². The highest BCUT2D eigenvalue weighted by atomic mass is 16.5. The molecule has 33 heavy (non-hydrogen) atoms. The normalized spacial score (nSPS) is 26.2. The molecule has 5 unspecified atom stereocenters. The topological polar surface area (TPSA) is 142 Å². The third-order valence-electron chi connectivity index (χ3n) is 6.42. The molecule has 0 amide bonds. The number of pyridine rings is 1. The van der Waals surface area contributed by atoms with Crippen molar-refractivity contribution in [2.75, 3.05) is 37.5 Å². The number of hydrogen-bond donors (Lipinski definition) is 5. The van der Waals surface area contributed by atoms with Gasteiger partial charge >= 0.3 is 0 Å². The summed E-state index contributed by atoms with van der Waals surface area (Å²) >= 11 is 0. The predicted molar refractivity (Wildman–Crippen MR) is 123 cm³/mol. The summed E-state index contributed by atoms with van der Waals surface area (Å²) in [5, 5.41) is 36.9. The number of hydrogen-bond acceptors (Lipinski definition) is 10. The zero-order chi connectivity index (χ0) is 23.7. The highest BCUT2D eigenvalue weighted by molar-refractivity contribution is 5.55. The second-order valence-corrected chi connectivity index (χ2v) is 8.87. The van der Waals surface area contributed by atoms with E-state index in [1.54, 1.807) is 7.11 Å². The van der Waals surface area contributed by atoms with Gasteiger partial charge in [0.15, 0.2) is 0 Å². The first-order valence-electron chi connectivity index (χ1n) is 11.3. The minimum Gasteiger partial charge on any atom is -0.483 e. The average Bonchev–Trinajstić information content (AvgIpc) is 3.30. The molecule has 2 aliphatic rings. The number of methoxy groups -OCH3 is 1. The van der Waals surface area contributed by atoms with Crippen LogP contribution in [0.3, 0.4) is 0 Å². The Labute approximate surface area is 193 Å². The van der Waals surface area contributed by atoms with Gasteiger partial charge in [-0.15, -0.1) is 0 Å². The second kappa shape index (κ2) is 9.76. The molecule has 4 rings (SSSR count). The number of anilines is 2. The van der Waals surface area contributed by atoms with Gasteiger partial charge in [0, 0.05) is 43.9 Å². The highest BCUT2D eigenvalue weighted by Gasteiger charge is 2.42. The number of nitrogens with one attached hydrogen (secondary N) is 2. The molecule has 10 heteroatoms. The van der Waals surface area contributed by atoms with Crippen molar-refractivity contribution in [3.8, 4) is 5.75 Å². The minimum atomic E-state index is -1.02. The largest absolute Gasteiger partial charge is 0.483 e. The van der Waals surface area contributed by atoms with Crippen LogP contribution in [0, 0.1) is 26.7 Å². The number of nitrogens with zero attached hydrogens (tertiary/aromatic N) is 3. The molecule has 180 valence electrons. The molecule has 0 bridgehead atoms. The van der Waals surface area contributed by atoms with Crippen LogP contribution < -0.4 is 15.4 Å². The molecule has 10 nitrogen and oxygen atoms in total. The second-order valence-electron chi connectivity index (χ2n) is 8.87. The molecule has 0 saturated heterocycles. The summed E-state index contributed by atoms with van der Waals surface area (Å²) in [6.07, 6.45) is -1.26. The Hall–Kier alpha value is -2.53. The Balaban J connectivity index is 1.67. The third-order valence-corrected chi connectivity index (χ3v) is 6.42. The first-order chi connectivity index (χ1) is 15.8. The number of ether oxygens (including phenoxy) is 2. The smallest absolute Gasteiger partial charge is 0.224 e. The quantitative estimate of drug-likeness (QED) is 0.364. The van der Waals surface area contributed by atoms with Gasteiger partial charge < -0.3 is 35.4 Å². The molecular weight excluding hydrogens is 426 g/mol. The first kappa shape index (κ1) is 23.6. The number of aromatic nitrogens is 3. The van der Waals surface area contributed by atoms with Crippen molar-refractivity contribution in [2.45, 2.75) is 58.0 Å². The molecule has 0 aromatic carbocycles. The summed E-state index contributed by atoms with van der Waals surface area (Å²) in [5.41, 5.74) is 4.43. The van der Waals surface area contributed by atoms with Gasteiger partial charge in [-0.25, -0.2) is 4.98 Å². The Morgan fingerprint density at radius 2 is 1.91 bits per heavy atom. The lowest BCUT2D eigenvalue weighted by molar-refractivity contribution is 0.00444. The van der Waals surface area contributed by atoms with Gasteiger partial charge in [-0.3, -0.25) is 4.98 Å². The Morgan fingerprint density at radius 3 is 2.61 bits per heavy atom. The van der Waals surface area contributed by atoms with Gasteiger partial charge in [0.2, 0.25) is 5.95 Å². The predicted octanol–water partition coefficient (Wildman–Crippen LogP) is 1.05. The number of rotatable bonds is 8. The van der Waals surface area contributed by atoms with Crippen LogP contribution >= 0.6 is 0 Å². The third kappa shape index (κ3) is 4.74. The lowest BCUT2D eigenvalue weighted by Gasteiger charge is -2.24. The fourth-order valence-corrected chi connectivity index (χ4v) is 4.80. The summed E-state index contributed by atoms with van der Waals surface area (Å²) < 4.78 is 11.4. The highest BCUT2D eigenvalue weighted by Crippen LogP contribution is 2.42. The van der Waals surface area contributed by atoms with Crippen LogP contribution in [-0.2, 0) is 11.2 Å². The first-order valence-corrected chi connectivity index (χ1v) is 11.3.